The largest absolute Gasteiger partial charge is 0.481 e. The fraction of sp³-hybridized carbons (Fsp3) is 0.867. The van der Waals surface area contributed by atoms with Crippen LogP contribution in [0.5, 0.6) is 0 Å². The van der Waals surface area contributed by atoms with Crippen LogP contribution in [0.3, 0.4) is 0 Å². The molecular formula is C15H27NO3. The van der Waals surface area contributed by atoms with E-state index in [0.717, 1.165) is 51.5 Å². The van der Waals surface area contributed by atoms with E-state index < -0.39 is 5.97 Å². The quantitative estimate of drug-likeness (QED) is 0.689. The average molecular weight is 269 g/mol. The van der Waals surface area contributed by atoms with E-state index in [-0.39, 0.29) is 18.2 Å². The number of carbonyl (C=O) groups excluding carboxylic acids is 1. The zero-order valence-corrected chi connectivity index (χ0v) is 12.1. The third-order valence-electron chi connectivity index (χ3n) is 3.89. The number of nitrogens with zero attached hydrogens (tertiary/aromatic N) is 1. The third-order valence-corrected chi connectivity index (χ3v) is 3.89. The van der Waals surface area contributed by atoms with Gasteiger partial charge in [-0.3, -0.25) is 9.59 Å². The summed E-state index contributed by atoms with van der Waals surface area (Å²) in [5.74, 6) is -0.488. The Morgan fingerprint density at radius 1 is 1.11 bits per heavy atom. The Morgan fingerprint density at radius 3 is 2.37 bits per heavy atom. The van der Waals surface area contributed by atoms with Crippen LogP contribution in [-0.2, 0) is 9.59 Å². The Hall–Kier alpha value is -1.06. The second kappa shape index (κ2) is 8.94. The molecule has 4 nitrogen and oxygen atoms in total. The molecule has 0 aromatic rings. The lowest BCUT2D eigenvalue weighted by Crippen LogP contribution is -2.39. The van der Waals surface area contributed by atoms with Crippen LogP contribution in [0, 0.1) is 5.92 Å². The monoisotopic (exact) mass is 269 g/mol. The van der Waals surface area contributed by atoms with Crippen LogP contribution < -0.4 is 0 Å². The highest BCUT2D eigenvalue weighted by atomic mass is 16.4. The zero-order chi connectivity index (χ0) is 14.1. The van der Waals surface area contributed by atoms with E-state index >= 15 is 0 Å². The summed E-state index contributed by atoms with van der Waals surface area (Å²) in [6.45, 7) is 3.22. The van der Waals surface area contributed by atoms with Gasteiger partial charge >= 0.3 is 5.97 Å². The van der Waals surface area contributed by atoms with E-state index in [2.05, 4.69) is 6.92 Å². The van der Waals surface area contributed by atoms with Gasteiger partial charge in [-0.1, -0.05) is 39.0 Å². The van der Waals surface area contributed by atoms with E-state index in [1.54, 1.807) is 4.90 Å². The number of carbonyl (C=O) groups is 2. The molecule has 0 aromatic carbocycles. The Balaban J connectivity index is 2.48. The highest BCUT2D eigenvalue weighted by Gasteiger charge is 2.25. The van der Waals surface area contributed by atoms with Gasteiger partial charge in [-0.15, -0.1) is 0 Å². The van der Waals surface area contributed by atoms with Crippen LogP contribution in [0.2, 0.25) is 0 Å². The molecule has 110 valence electrons. The predicted octanol–water partition coefficient (Wildman–Crippen LogP) is 3.06. The second-order valence-electron chi connectivity index (χ2n) is 5.51. The van der Waals surface area contributed by atoms with Crippen molar-refractivity contribution in [3.63, 3.8) is 0 Å². The predicted molar refractivity (Wildman–Crippen MR) is 74.9 cm³/mol. The number of rotatable bonds is 8. The molecular weight excluding hydrogens is 242 g/mol. The molecule has 0 aliphatic heterocycles. The summed E-state index contributed by atoms with van der Waals surface area (Å²) >= 11 is 0. The van der Waals surface area contributed by atoms with Gasteiger partial charge in [0.2, 0.25) is 5.91 Å². The van der Waals surface area contributed by atoms with Crippen molar-refractivity contribution in [1.82, 2.24) is 4.90 Å². The minimum absolute atomic E-state index is 0.0601. The number of unbranched alkanes of at least 4 members (excludes halogenated alkanes) is 2. The molecule has 0 unspecified atom stereocenters. The molecule has 1 amide bonds. The maximum absolute atomic E-state index is 12.4. The fourth-order valence-corrected chi connectivity index (χ4v) is 2.72. The van der Waals surface area contributed by atoms with Crippen molar-refractivity contribution in [2.24, 2.45) is 5.92 Å². The molecule has 0 spiro atoms. The lowest BCUT2D eigenvalue weighted by atomic mass is 9.88. The van der Waals surface area contributed by atoms with E-state index in [1.165, 1.54) is 6.42 Å². The van der Waals surface area contributed by atoms with Crippen LogP contribution in [0.1, 0.15) is 64.7 Å². The van der Waals surface area contributed by atoms with Crippen LogP contribution in [0.15, 0.2) is 0 Å². The first-order valence-corrected chi connectivity index (χ1v) is 7.65. The van der Waals surface area contributed by atoms with Crippen molar-refractivity contribution in [3.05, 3.63) is 0 Å². The van der Waals surface area contributed by atoms with E-state index in [4.69, 9.17) is 5.11 Å². The van der Waals surface area contributed by atoms with Crippen molar-refractivity contribution < 1.29 is 14.7 Å². The molecule has 1 fully saturated rings. The van der Waals surface area contributed by atoms with Gasteiger partial charge in [0.05, 0.1) is 6.42 Å². The summed E-state index contributed by atoms with van der Waals surface area (Å²) in [7, 11) is 0. The Labute approximate surface area is 116 Å². The minimum atomic E-state index is -0.822. The highest BCUT2D eigenvalue weighted by molar-refractivity contribution is 5.79. The molecule has 0 atom stereocenters. The normalized spacial score (nSPS) is 16.3. The van der Waals surface area contributed by atoms with Crippen molar-refractivity contribution in [2.45, 2.75) is 64.7 Å². The molecule has 19 heavy (non-hydrogen) atoms. The van der Waals surface area contributed by atoms with Crippen LogP contribution in [-0.4, -0.2) is 35.0 Å². The standard InChI is InChI=1S/C15H27NO3/c1-2-3-7-11-16(12-10-14(17)18)15(19)13-8-5-4-6-9-13/h13H,2-12H2,1H3,(H,17,18). The van der Waals surface area contributed by atoms with Crippen molar-refractivity contribution >= 4 is 11.9 Å². The number of carboxylic acid groups (broad SMARTS) is 1. The summed E-state index contributed by atoms with van der Waals surface area (Å²) in [4.78, 5) is 24.9. The molecule has 1 rings (SSSR count). The lowest BCUT2D eigenvalue weighted by Gasteiger charge is -2.29. The number of aliphatic carboxylic acids is 1. The molecule has 0 saturated heterocycles. The minimum Gasteiger partial charge on any atom is -0.481 e. The smallest absolute Gasteiger partial charge is 0.305 e. The molecule has 4 heteroatoms. The maximum Gasteiger partial charge on any atom is 0.305 e. The van der Waals surface area contributed by atoms with Gasteiger partial charge in [0.1, 0.15) is 0 Å². The van der Waals surface area contributed by atoms with Crippen molar-refractivity contribution in [2.75, 3.05) is 13.1 Å². The van der Waals surface area contributed by atoms with Gasteiger partial charge in [0.15, 0.2) is 0 Å². The van der Waals surface area contributed by atoms with Crippen LogP contribution in [0.4, 0.5) is 0 Å². The van der Waals surface area contributed by atoms with Gasteiger partial charge in [0.25, 0.3) is 0 Å². The van der Waals surface area contributed by atoms with Crippen molar-refractivity contribution in [3.8, 4) is 0 Å². The van der Waals surface area contributed by atoms with Gasteiger partial charge in [-0.25, -0.2) is 0 Å². The van der Waals surface area contributed by atoms with Gasteiger partial charge in [0, 0.05) is 19.0 Å². The van der Waals surface area contributed by atoms with Crippen LogP contribution >= 0.6 is 0 Å². The summed E-state index contributed by atoms with van der Waals surface area (Å²) in [5.41, 5.74) is 0. The molecule has 0 aromatic heterocycles. The third kappa shape index (κ3) is 6.08. The highest BCUT2D eigenvalue weighted by Crippen LogP contribution is 2.25. The zero-order valence-electron chi connectivity index (χ0n) is 12.1. The number of carboxylic acids is 1. The summed E-state index contributed by atoms with van der Waals surface area (Å²) < 4.78 is 0. The molecule has 0 heterocycles. The van der Waals surface area contributed by atoms with Crippen LogP contribution in [0.25, 0.3) is 0 Å². The maximum atomic E-state index is 12.4. The van der Waals surface area contributed by atoms with E-state index in [0.29, 0.717) is 6.54 Å². The Bertz CT molecular complexity index is 285. The first kappa shape index (κ1) is 16.0. The summed E-state index contributed by atoms with van der Waals surface area (Å²) in [6.07, 6.45) is 8.72. The van der Waals surface area contributed by atoms with Gasteiger partial charge in [-0.05, 0) is 19.3 Å². The van der Waals surface area contributed by atoms with E-state index in [1.807, 2.05) is 0 Å². The number of amides is 1. The SMILES string of the molecule is CCCCCN(CCC(=O)O)C(=O)C1CCCCC1. The molecule has 0 bridgehead atoms. The number of hydrogen-bond donors (Lipinski definition) is 1. The first-order valence-electron chi connectivity index (χ1n) is 7.65. The number of hydrogen-bond acceptors (Lipinski definition) is 2. The first-order chi connectivity index (χ1) is 9.15. The Kier molecular flexibility index (Phi) is 7.53. The van der Waals surface area contributed by atoms with Gasteiger partial charge in [-0.2, -0.15) is 0 Å². The summed E-state index contributed by atoms with van der Waals surface area (Å²) in [6, 6.07) is 0. The molecule has 1 saturated carbocycles. The molecule has 1 aliphatic rings. The van der Waals surface area contributed by atoms with Gasteiger partial charge < -0.3 is 10.0 Å². The Morgan fingerprint density at radius 2 is 1.79 bits per heavy atom. The lowest BCUT2D eigenvalue weighted by molar-refractivity contribution is -0.140. The average Bonchev–Trinajstić information content (AvgIpc) is 2.42. The summed E-state index contributed by atoms with van der Waals surface area (Å²) in [5, 5.41) is 8.79. The molecule has 0 radical (unpaired) electrons. The topological polar surface area (TPSA) is 57.6 Å². The fourth-order valence-electron chi connectivity index (χ4n) is 2.72. The molecule has 1 aliphatic carbocycles. The van der Waals surface area contributed by atoms with Crippen molar-refractivity contribution in [1.29, 1.82) is 0 Å². The molecule has 1 N–H and O–H groups in total. The second-order valence-corrected chi connectivity index (χ2v) is 5.51. The van der Waals surface area contributed by atoms with E-state index in [9.17, 15) is 9.59 Å².